The molecule has 1 aromatic rings. The lowest BCUT2D eigenvalue weighted by atomic mass is 9.98. The molecular weight excluding hydrogens is 268 g/mol. The van der Waals surface area contributed by atoms with Crippen molar-refractivity contribution < 1.29 is 23.0 Å². The second-order valence-electron chi connectivity index (χ2n) is 4.50. The Morgan fingerprint density at radius 3 is 2.70 bits per heavy atom. The van der Waals surface area contributed by atoms with Crippen LogP contribution in [0.1, 0.15) is 20.3 Å². The minimum absolute atomic E-state index is 0.0545. The molecule has 0 aliphatic carbocycles. The number of methoxy groups -OCH3 is 1. The molecule has 0 bridgehead atoms. The molecule has 1 unspecified atom stereocenters. The fraction of sp³-hybridized carbons (Fsp3) is 0.500. The van der Waals surface area contributed by atoms with Gasteiger partial charge in [-0.05, 0) is 25.6 Å². The van der Waals surface area contributed by atoms with Gasteiger partial charge in [0.2, 0.25) is 5.82 Å². The minimum Gasteiger partial charge on any atom is -0.490 e. The number of hydrogen-bond acceptors (Lipinski definition) is 4. The van der Waals surface area contributed by atoms with Crippen molar-refractivity contribution in [2.75, 3.05) is 20.3 Å². The number of nitrogens with one attached hydrogen (secondary N) is 1. The van der Waals surface area contributed by atoms with Crippen LogP contribution in [-0.2, 0) is 9.53 Å². The summed E-state index contributed by atoms with van der Waals surface area (Å²) in [7, 11) is 1.30. The second kappa shape index (κ2) is 7.19. The number of benzene rings is 1. The number of ether oxygens (including phenoxy) is 2. The Kier molecular flexibility index (Phi) is 5.88. The van der Waals surface area contributed by atoms with Gasteiger partial charge < -0.3 is 14.8 Å². The van der Waals surface area contributed by atoms with E-state index in [0.717, 1.165) is 6.07 Å². The number of carbonyl (C=O) groups is 1. The molecule has 0 radical (unpaired) electrons. The van der Waals surface area contributed by atoms with Gasteiger partial charge in [-0.25, -0.2) is 4.39 Å². The summed E-state index contributed by atoms with van der Waals surface area (Å²) in [5.74, 6) is -2.60. The smallest absolute Gasteiger partial charge is 0.325 e. The third-order valence-electron chi connectivity index (χ3n) is 2.98. The van der Waals surface area contributed by atoms with Crippen LogP contribution in [0.3, 0.4) is 0 Å². The summed E-state index contributed by atoms with van der Waals surface area (Å²) in [5.41, 5.74) is -0.923. The molecular formula is C14H19F2NO3. The first kappa shape index (κ1) is 16.4. The van der Waals surface area contributed by atoms with Crippen LogP contribution in [0, 0.1) is 11.6 Å². The fourth-order valence-electron chi connectivity index (χ4n) is 1.84. The van der Waals surface area contributed by atoms with Crippen LogP contribution in [0.5, 0.6) is 5.75 Å². The monoisotopic (exact) mass is 287 g/mol. The summed E-state index contributed by atoms with van der Waals surface area (Å²) in [5, 5.41) is 3.00. The SMILES string of the molecule is CCNC(C)(CCOc1cccc(F)c1F)C(=O)OC. The van der Waals surface area contributed by atoms with Crippen LogP contribution in [0.2, 0.25) is 0 Å². The van der Waals surface area contributed by atoms with Crippen LogP contribution in [0.4, 0.5) is 8.78 Å². The molecule has 0 fully saturated rings. The summed E-state index contributed by atoms with van der Waals surface area (Å²) in [4.78, 5) is 11.7. The van der Waals surface area contributed by atoms with Crippen molar-refractivity contribution in [3.05, 3.63) is 29.8 Å². The number of likely N-dealkylation sites (N-methyl/N-ethyl adjacent to an activating group) is 1. The highest BCUT2D eigenvalue weighted by Crippen LogP contribution is 2.20. The van der Waals surface area contributed by atoms with Gasteiger partial charge in [0.15, 0.2) is 11.6 Å². The van der Waals surface area contributed by atoms with E-state index in [-0.39, 0.29) is 18.8 Å². The lowest BCUT2D eigenvalue weighted by molar-refractivity contribution is -0.148. The number of rotatable bonds is 7. The van der Waals surface area contributed by atoms with E-state index in [2.05, 4.69) is 5.32 Å². The van der Waals surface area contributed by atoms with E-state index < -0.39 is 23.1 Å². The van der Waals surface area contributed by atoms with Crippen LogP contribution < -0.4 is 10.1 Å². The molecule has 1 atom stereocenters. The van der Waals surface area contributed by atoms with E-state index in [1.807, 2.05) is 6.92 Å². The lowest BCUT2D eigenvalue weighted by Crippen LogP contribution is -2.51. The van der Waals surface area contributed by atoms with Gasteiger partial charge in [0, 0.05) is 6.42 Å². The molecule has 1 aromatic carbocycles. The van der Waals surface area contributed by atoms with E-state index in [1.54, 1.807) is 6.92 Å². The van der Waals surface area contributed by atoms with Crippen molar-refractivity contribution in [2.24, 2.45) is 0 Å². The highest BCUT2D eigenvalue weighted by Gasteiger charge is 2.33. The van der Waals surface area contributed by atoms with Crippen LogP contribution >= 0.6 is 0 Å². The molecule has 20 heavy (non-hydrogen) atoms. The first-order chi connectivity index (χ1) is 9.44. The van der Waals surface area contributed by atoms with Crippen LogP contribution in [-0.4, -0.2) is 31.8 Å². The molecule has 0 saturated carbocycles. The number of hydrogen-bond donors (Lipinski definition) is 1. The summed E-state index contributed by atoms with van der Waals surface area (Å²) in [6.45, 7) is 4.15. The molecule has 0 aromatic heterocycles. The third-order valence-corrected chi connectivity index (χ3v) is 2.98. The van der Waals surface area contributed by atoms with Crippen molar-refractivity contribution in [1.82, 2.24) is 5.32 Å². The molecule has 6 heteroatoms. The Bertz CT molecular complexity index is 468. The molecule has 4 nitrogen and oxygen atoms in total. The number of halogens is 2. The maximum atomic E-state index is 13.4. The highest BCUT2D eigenvalue weighted by atomic mass is 19.2. The van der Waals surface area contributed by atoms with E-state index >= 15 is 0 Å². The zero-order chi connectivity index (χ0) is 15.2. The fourth-order valence-corrected chi connectivity index (χ4v) is 1.84. The van der Waals surface area contributed by atoms with E-state index in [4.69, 9.17) is 9.47 Å². The first-order valence-electron chi connectivity index (χ1n) is 6.35. The predicted molar refractivity (Wildman–Crippen MR) is 70.6 cm³/mol. The second-order valence-corrected chi connectivity index (χ2v) is 4.50. The largest absolute Gasteiger partial charge is 0.490 e. The maximum Gasteiger partial charge on any atom is 0.325 e. The first-order valence-corrected chi connectivity index (χ1v) is 6.35. The van der Waals surface area contributed by atoms with Gasteiger partial charge in [-0.2, -0.15) is 4.39 Å². The average molecular weight is 287 g/mol. The van der Waals surface area contributed by atoms with Crippen molar-refractivity contribution in [2.45, 2.75) is 25.8 Å². The van der Waals surface area contributed by atoms with Gasteiger partial charge in [0.25, 0.3) is 0 Å². The number of carbonyl (C=O) groups excluding carboxylic acids is 1. The zero-order valence-electron chi connectivity index (χ0n) is 11.8. The summed E-state index contributed by atoms with van der Waals surface area (Å²) >= 11 is 0. The van der Waals surface area contributed by atoms with Gasteiger partial charge in [0.1, 0.15) is 5.54 Å². The Morgan fingerprint density at radius 2 is 2.10 bits per heavy atom. The molecule has 1 rings (SSSR count). The van der Waals surface area contributed by atoms with Crippen molar-refractivity contribution in [3.8, 4) is 5.75 Å². The van der Waals surface area contributed by atoms with Gasteiger partial charge in [-0.1, -0.05) is 13.0 Å². The summed E-state index contributed by atoms with van der Waals surface area (Å²) < 4.78 is 36.3. The quantitative estimate of drug-likeness (QED) is 0.782. The van der Waals surface area contributed by atoms with Gasteiger partial charge in [-0.15, -0.1) is 0 Å². The molecule has 0 aliphatic rings. The van der Waals surface area contributed by atoms with Gasteiger partial charge in [0.05, 0.1) is 13.7 Å². The van der Waals surface area contributed by atoms with Gasteiger partial charge in [-0.3, -0.25) is 4.79 Å². The topological polar surface area (TPSA) is 47.6 Å². The predicted octanol–water partition coefficient (Wildman–Crippen LogP) is 2.27. The average Bonchev–Trinajstić information content (AvgIpc) is 2.43. The lowest BCUT2D eigenvalue weighted by Gasteiger charge is -2.27. The van der Waals surface area contributed by atoms with Crippen molar-refractivity contribution >= 4 is 5.97 Å². The molecule has 1 N–H and O–H groups in total. The normalized spacial score (nSPS) is 13.7. The van der Waals surface area contributed by atoms with Crippen molar-refractivity contribution in [3.63, 3.8) is 0 Å². The van der Waals surface area contributed by atoms with Crippen molar-refractivity contribution in [1.29, 1.82) is 0 Å². The maximum absolute atomic E-state index is 13.4. The van der Waals surface area contributed by atoms with Crippen LogP contribution in [0.15, 0.2) is 18.2 Å². The minimum atomic E-state index is -1.03. The van der Waals surface area contributed by atoms with Gasteiger partial charge >= 0.3 is 5.97 Å². The third kappa shape index (κ3) is 3.90. The number of esters is 1. The van der Waals surface area contributed by atoms with E-state index in [9.17, 15) is 13.6 Å². The zero-order valence-corrected chi connectivity index (χ0v) is 11.8. The van der Waals surface area contributed by atoms with E-state index in [1.165, 1.54) is 19.2 Å². The summed E-state index contributed by atoms with van der Waals surface area (Å²) in [6.07, 6.45) is 0.267. The summed E-state index contributed by atoms with van der Waals surface area (Å²) in [6, 6.07) is 3.71. The molecule has 112 valence electrons. The Morgan fingerprint density at radius 1 is 1.40 bits per heavy atom. The molecule has 0 amide bonds. The standard InChI is InChI=1S/C14H19F2NO3/c1-4-17-14(2,13(18)19-3)8-9-20-11-7-5-6-10(15)12(11)16/h5-7,17H,4,8-9H2,1-3H3. The molecule has 0 aliphatic heterocycles. The van der Waals surface area contributed by atoms with Crippen LogP contribution in [0.25, 0.3) is 0 Å². The molecule has 0 heterocycles. The van der Waals surface area contributed by atoms with E-state index in [0.29, 0.717) is 6.54 Å². The highest BCUT2D eigenvalue weighted by molar-refractivity contribution is 5.80. The molecule has 0 saturated heterocycles. The molecule has 0 spiro atoms. The Balaban J connectivity index is 2.65. The Hall–Kier alpha value is -1.69. The Labute approximate surface area is 117 Å².